The third-order valence-electron chi connectivity index (χ3n) is 4.35. The molecule has 112 valence electrons. The van der Waals surface area contributed by atoms with Crippen molar-refractivity contribution in [2.75, 3.05) is 20.1 Å². The molecule has 21 heavy (non-hydrogen) atoms. The number of fused-ring (bicyclic) bond motifs is 1. The number of nitrogens with zero attached hydrogens (tertiary/aromatic N) is 3. The Morgan fingerprint density at radius 3 is 2.81 bits per heavy atom. The average Bonchev–Trinajstić information content (AvgIpc) is 2.91. The zero-order valence-corrected chi connectivity index (χ0v) is 12.9. The molecule has 3 rings (SSSR count). The van der Waals surface area contributed by atoms with Crippen molar-refractivity contribution in [3.05, 3.63) is 53.3 Å². The Labute approximate surface area is 126 Å². The first kappa shape index (κ1) is 14.3. The predicted molar refractivity (Wildman–Crippen MR) is 85.2 cm³/mol. The second-order valence-corrected chi connectivity index (χ2v) is 5.93. The molecule has 2 aromatic rings. The van der Waals surface area contributed by atoms with Crippen molar-refractivity contribution >= 4 is 0 Å². The van der Waals surface area contributed by atoms with E-state index in [-0.39, 0.29) is 0 Å². The van der Waals surface area contributed by atoms with Gasteiger partial charge in [0.25, 0.3) is 0 Å². The maximum Gasteiger partial charge on any atom is 0.0522 e. The summed E-state index contributed by atoms with van der Waals surface area (Å²) in [5.41, 5.74) is 4.31. The molecule has 0 amide bonds. The summed E-state index contributed by atoms with van der Waals surface area (Å²) in [6, 6.07) is 9.43. The number of hydrogen-bond donors (Lipinski definition) is 1. The molecule has 1 aliphatic rings. The normalized spacial score (nSPS) is 18.7. The molecule has 1 aromatic carbocycles. The van der Waals surface area contributed by atoms with Gasteiger partial charge in [0.05, 0.1) is 6.20 Å². The summed E-state index contributed by atoms with van der Waals surface area (Å²) in [5.74, 6) is 0. The Morgan fingerprint density at radius 2 is 2.10 bits per heavy atom. The quantitative estimate of drug-likeness (QED) is 0.905. The van der Waals surface area contributed by atoms with E-state index in [4.69, 9.17) is 0 Å². The van der Waals surface area contributed by atoms with Crippen LogP contribution in [0.3, 0.4) is 0 Å². The summed E-state index contributed by atoms with van der Waals surface area (Å²) in [6.45, 7) is 3.19. The van der Waals surface area contributed by atoms with E-state index in [1.807, 2.05) is 25.0 Å². The fourth-order valence-electron chi connectivity index (χ4n) is 3.21. The second-order valence-electron chi connectivity index (χ2n) is 5.93. The summed E-state index contributed by atoms with van der Waals surface area (Å²) in [5, 5.41) is 7.60. The molecule has 4 nitrogen and oxygen atoms in total. The van der Waals surface area contributed by atoms with Gasteiger partial charge in [-0.05, 0) is 36.6 Å². The largest absolute Gasteiger partial charge is 0.318 e. The zero-order valence-electron chi connectivity index (χ0n) is 12.9. The van der Waals surface area contributed by atoms with Crippen LogP contribution in [-0.2, 0) is 26.4 Å². The number of aromatic nitrogens is 2. The molecule has 1 aliphatic heterocycles. The van der Waals surface area contributed by atoms with Crippen molar-refractivity contribution in [1.82, 2.24) is 20.0 Å². The first-order valence-electron chi connectivity index (χ1n) is 7.69. The van der Waals surface area contributed by atoms with Gasteiger partial charge >= 0.3 is 0 Å². The lowest BCUT2D eigenvalue weighted by molar-refractivity contribution is 0.172. The molecule has 1 atom stereocenters. The molecule has 0 radical (unpaired) electrons. The van der Waals surface area contributed by atoms with E-state index in [1.165, 1.54) is 16.7 Å². The van der Waals surface area contributed by atoms with E-state index in [0.29, 0.717) is 6.04 Å². The Bertz CT molecular complexity index is 590. The van der Waals surface area contributed by atoms with Crippen LogP contribution in [0.4, 0.5) is 0 Å². The van der Waals surface area contributed by atoms with Crippen LogP contribution in [0.2, 0.25) is 0 Å². The van der Waals surface area contributed by atoms with E-state index in [0.717, 1.165) is 32.5 Å². The SMILES string of the molecule is CNCC1Cc2ccccc2CN1CCc1cnn(C)c1. The lowest BCUT2D eigenvalue weighted by atomic mass is 9.93. The van der Waals surface area contributed by atoms with E-state index in [2.05, 4.69) is 45.8 Å². The molecule has 0 saturated heterocycles. The van der Waals surface area contributed by atoms with Crippen LogP contribution in [0.15, 0.2) is 36.7 Å². The number of likely N-dealkylation sites (N-methyl/N-ethyl adjacent to an activating group) is 1. The van der Waals surface area contributed by atoms with Gasteiger partial charge in [0.1, 0.15) is 0 Å². The molecule has 2 heterocycles. The number of aryl methyl sites for hydroxylation is 1. The first-order chi connectivity index (χ1) is 10.3. The number of benzene rings is 1. The molecule has 0 fully saturated rings. The third-order valence-corrected chi connectivity index (χ3v) is 4.35. The van der Waals surface area contributed by atoms with Crippen molar-refractivity contribution in [3.63, 3.8) is 0 Å². The van der Waals surface area contributed by atoms with Gasteiger partial charge in [0.2, 0.25) is 0 Å². The standard InChI is InChI=1S/C17H24N4/c1-18-11-17-9-15-5-3-4-6-16(15)13-21(17)8-7-14-10-19-20(2)12-14/h3-6,10,12,17-18H,7-9,11,13H2,1-2H3. The van der Waals surface area contributed by atoms with Gasteiger partial charge in [-0.15, -0.1) is 0 Å². The molecule has 0 spiro atoms. The van der Waals surface area contributed by atoms with Gasteiger partial charge < -0.3 is 5.32 Å². The van der Waals surface area contributed by atoms with Crippen molar-refractivity contribution in [2.24, 2.45) is 7.05 Å². The summed E-state index contributed by atoms with van der Waals surface area (Å²) in [6.07, 6.45) is 6.30. The van der Waals surface area contributed by atoms with Gasteiger partial charge in [0.15, 0.2) is 0 Å². The molecule has 0 bridgehead atoms. The Kier molecular flexibility index (Phi) is 4.36. The minimum Gasteiger partial charge on any atom is -0.318 e. The van der Waals surface area contributed by atoms with Gasteiger partial charge in [-0.3, -0.25) is 9.58 Å². The second kappa shape index (κ2) is 6.41. The molecule has 4 heteroatoms. The van der Waals surface area contributed by atoms with Crippen molar-refractivity contribution in [3.8, 4) is 0 Å². The third kappa shape index (κ3) is 3.34. The fraction of sp³-hybridized carbons (Fsp3) is 0.471. The highest BCUT2D eigenvalue weighted by molar-refractivity contribution is 5.30. The maximum absolute atomic E-state index is 4.26. The van der Waals surface area contributed by atoms with Crippen molar-refractivity contribution < 1.29 is 0 Å². The summed E-state index contributed by atoms with van der Waals surface area (Å²) in [7, 11) is 4.02. The molecule has 1 unspecified atom stereocenters. The van der Waals surface area contributed by atoms with Crippen LogP contribution in [0.5, 0.6) is 0 Å². The highest BCUT2D eigenvalue weighted by atomic mass is 15.2. The van der Waals surface area contributed by atoms with Crippen LogP contribution in [0, 0.1) is 0 Å². The lowest BCUT2D eigenvalue weighted by Gasteiger charge is -2.37. The minimum atomic E-state index is 0.585. The van der Waals surface area contributed by atoms with Crippen molar-refractivity contribution in [2.45, 2.75) is 25.4 Å². The number of nitrogens with one attached hydrogen (secondary N) is 1. The summed E-state index contributed by atoms with van der Waals surface area (Å²) in [4.78, 5) is 2.60. The monoisotopic (exact) mass is 284 g/mol. The molecular formula is C17H24N4. The highest BCUT2D eigenvalue weighted by Crippen LogP contribution is 2.23. The Morgan fingerprint density at radius 1 is 1.29 bits per heavy atom. The topological polar surface area (TPSA) is 33.1 Å². The van der Waals surface area contributed by atoms with Crippen LogP contribution in [-0.4, -0.2) is 40.9 Å². The maximum atomic E-state index is 4.26. The smallest absolute Gasteiger partial charge is 0.0522 e. The van der Waals surface area contributed by atoms with Gasteiger partial charge in [-0.1, -0.05) is 24.3 Å². The molecule has 0 aliphatic carbocycles. The Hall–Kier alpha value is -1.65. The highest BCUT2D eigenvalue weighted by Gasteiger charge is 2.24. The van der Waals surface area contributed by atoms with E-state index < -0.39 is 0 Å². The fourth-order valence-corrected chi connectivity index (χ4v) is 3.21. The summed E-state index contributed by atoms with van der Waals surface area (Å²) < 4.78 is 1.88. The molecule has 0 saturated carbocycles. The van der Waals surface area contributed by atoms with E-state index >= 15 is 0 Å². The van der Waals surface area contributed by atoms with E-state index in [9.17, 15) is 0 Å². The number of hydrogen-bond acceptors (Lipinski definition) is 3. The van der Waals surface area contributed by atoms with Crippen LogP contribution < -0.4 is 5.32 Å². The van der Waals surface area contributed by atoms with Gasteiger partial charge in [-0.25, -0.2) is 0 Å². The first-order valence-corrected chi connectivity index (χ1v) is 7.69. The minimum absolute atomic E-state index is 0.585. The van der Waals surface area contributed by atoms with Crippen LogP contribution in [0.25, 0.3) is 0 Å². The average molecular weight is 284 g/mol. The van der Waals surface area contributed by atoms with Gasteiger partial charge in [0, 0.05) is 38.9 Å². The van der Waals surface area contributed by atoms with E-state index in [1.54, 1.807) is 0 Å². The van der Waals surface area contributed by atoms with Crippen LogP contribution in [0.1, 0.15) is 16.7 Å². The summed E-state index contributed by atoms with van der Waals surface area (Å²) >= 11 is 0. The Balaban J connectivity index is 1.69. The number of rotatable bonds is 5. The van der Waals surface area contributed by atoms with Crippen molar-refractivity contribution in [1.29, 1.82) is 0 Å². The predicted octanol–water partition coefficient (Wildman–Crippen LogP) is 1.61. The zero-order chi connectivity index (χ0) is 14.7. The van der Waals surface area contributed by atoms with Gasteiger partial charge in [-0.2, -0.15) is 5.10 Å². The lowest BCUT2D eigenvalue weighted by Crippen LogP contribution is -2.46. The van der Waals surface area contributed by atoms with Crippen LogP contribution >= 0.6 is 0 Å². The molecular weight excluding hydrogens is 260 g/mol. The molecule has 1 aromatic heterocycles. The molecule has 1 N–H and O–H groups in total.